The predicted molar refractivity (Wildman–Crippen MR) is 71.6 cm³/mol. The first kappa shape index (κ1) is 13.3. The highest BCUT2D eigenvalue weighted by molar-refractivity contribution is 7.54. The number of aromatic amines is 1. The summed E-state index contributed by atoms with van der Waals surface area (Å²) in [5, 5.41) is 1.08. The van der Waals surface area contributed by atoms with Crippen molar-refractivity contribution in [2.45, 2.75) is 12.2 Å². The summed E-state index contributed by atoms with van der Waals surface area (Å²) < 4.78 is 21.9. The molecule has 0 unspecified atom stereocenters. The fourth-order valence-electron chi connectivity index (χ4n) is 1.98. The maximum absolute atomic E-state index is 12.1. The van der Waals surface area contributed by atoms with Gasteiger partial charge in [0.2, 0.25) is 0 Å². The number of benzene rings is 1. The lowest BCUT2D eigenvalue weighted by Crippen LogP contribution is -2.24. The average Bonchev–Trinajstić information content (AvgIpc) is 2.81. The van der Waals surface area contributed by atoms with Gasteiger partial charge < -0.3 is 19.8 Å². The molecule has 18 heavy (non-hydrogen) atoms. The Morgan fingerprint density at radius 3 is 2.67 bits per heavy atom. The lowest BCUT2D eigenvalue weighted by Gasteiger charge is -2.20. The van der Waals surface area contributed by atoms with Crippen molar-refractivity contribution in [3.8, 4) is 0 Å². The third-order valence-electron chi connectivity index (χ3n) is 3.02. The van der Waals surface area contributed by atoms with Gasteiger partial charge in [-0.05, 0) is 11.6 Å². The van der Waals surface area contributed by atoms with Crippen molar-refractivity contribution in [1.29, 1.82) is 0 Å². The Morgan fingerprint density at radius 2 is 2.00 bits per heavy atom. The Balaban J connectivity index is 2.26. The Kier molecular flexibility index (Phi) is 3.88. The van der Waals surface area contributed by atoms with Crippen LogP contribution in [0.2, 0.25) is 0 Å². The van der Waals surface area contributed by atoms with E-state index >= 15 is 0 Å². The van der Waals surface area contributed by atoms with E-state index in [2.05, 4.69) is 4.98 Å². The molecule has 0 aliphatic carbocycles. The summed E-state index contributed by atoms with van der Waals surface area (Å²) in [7, 11) is -0.534. The van der Waals surface area contributed by atoms with Gasteiger partial charge in [0.25, 0.3) is 0 Å². The highest BCUT2D eigenvalue weighted by Gasteiger charge is 2.31. The van der Waals surface area contributed by atoms with E-state index in [0.717, 1.165) is 16.5 Å². The van der Waals surface area contributed by atoms with Gasteiger partial charge in [-0.15, -0.1) is 0 Å². The van der Waals surface area contributed by atoms with E-state index in [4.69, 9.17) is 14.8 Å². The number of hydrogen-bond donors (Lipinski definition) is 2. The van der Waals surface area contributed by atoms with Gasteiger partial charge in [0.1, 0.15) is 5.78 Å². The smallest absolute Gasteiger partial charge is 0.347 e. The van der Waals surface area contributed by atoms with Crippen LogP contribution in [-0.4, -0.2) is 25.0 Å². The van der Waals surface area contributed by atoms with Crippen molar-refractivity contribution < 1.29 is 13.6 Å². The van der Waals surface area contributed by atoms with E-state index in [1.54, 1.807) is 0 Å². The molecule has 6 heteroatoms. The molecule has 0 saturated carbocycles. The summed E-state index contributed by atoms with van der Waals surface area (Å²) in [5.74, 6) is -0.674. The first-order valence-corrected chi connectivity index (χ1v) is 7.23. The minimum absolute atomic E-state index is 0.434. The normalized spacial score (nSPS) is 13.9. The highest BCUT2D eigenvalue weighted by Crippen LogP contribution is 2.50. The topological polar surface area (TPSA) is 77.3 Å². The van der Waals surface area contributed by atoms with Crippen LogP contribution in [0.15, 0.2) is 30.5 Å². The van der Waals surface area contributed by atoms with Gasteiger partial charge in [-0.1, -0.05) is 18.2 Å². The molecule has 1 heterocycles. The highest BCUT2D eigenvalue weighted by atomic mass is 31.2. The molecule has 0 fully saturated rings. The van der Waals surface area contributed by atoms with Crippen LogP contribution >= 0.6 is 7.60 Å². The number of fused-ring (bicyclic) bond motifs is 1. The molecule has 0 amide bonds. The number of hydrogen-bond acceptors (Lipinski definition) is 4. The zero-order valence-corrected chi connectivity index (χ0v) is 11.3. The fourth-order valence-corrected chi connectivity index (χ4v) is 3.09. The standard InChI is InChI=1S/C12H17N2O3P/c1-16-18(15,17-2)12(13)7-9-8-14-11-6-4-3-5-10(9)11/h3-6,8,12,14H,7,13H2,1-2H3/t12-/m0/s1. The molecule has 0 saturated heterocycles. The molecule has 1 atom stereocenters. The Bertz CT molecular complexity index is 573. The number of aromatic nitrogens is 1. The van der Waals surface area contributed by atoms with Crippen LogP contribution < -0.4 is 5.73 Å². The molecule has 5 nitrogen and oxygen atoms in total. The van der Waals surface area contributed by atoms with Crippen molar-refractivity contribution in [3.05, 3.63) is 36.0 Å². The predicted octanol–water partition coefficient (Wildman–Crippen LogP) is 2.48. The van der Waals surface area contributed by atoms with E-state index < -0.39 is 13.4 Å². The minimum Gasteiger partial charge on any atom is -0.361 e. The summed E-state index contributed by atoms with van der Waals surface area (Å²) in [6, 6.07) is 7.89. The zero-order chi connectivity index (χ0) is 13.2. The molecule has 0 aliphatic heterocycles. The third-order valence-corrected chi connectivity index (χ3v) is 5.03. The molecule has 1 aromatic heterocycles. The summed E-state index contributed by atoms with van der Waals surface area (Å²) >= 11 is 0. The van der Waals surface area contributed by atoms with Crippen LogP contribution in [0.5, 0.6) is 0 Å². The summed E-state index contributed by atoms with van der Waals surface area (Å²) in [6.45, 7) is 0. The molecule has 0 radical (unpaired) electrons. The minimum atomic E-state index is -3.23. The second kappa shape index (κ2) is 5.24. The van der Waals surface area contributed by atoms with E-state index in [1.165, 1.54) is 14.2 Å². The van der Waals surface area contributed by atoms with Crippen molar-refractivity contribution in [2.75, 3.05) is 14.2 Å². The molecule has 0 aliphatic rings. The SMILES string of the molecule is COP(=O)(OC)[C@H](N)Cc1c[nH]c2ccccc12. The van der Waals surface area contributed by atoms with Crippen LogP contribution in [0, 0.1) is 0 Å². The molecule has 1 aromatic carbocycles. The lowest BCUT2D eigenvalue weighted by atomic mass is 10.1. The average molecular weight is 268 g/mol. The molecule has 3 N–H and O–H groups in total. The summed E-state index contributed by atoms with van der Waals surface area (Å²) in [4.78, 5) is 3.15. The molecular weight excluding hydrogens is 251 g/mol. The second-order valence-electron chi connectivity index (χ2n) is 4.04. The largest absolute Gasteiger partial charge is 0.361 e. The van der Waals surface area contributed by atoms with Gasteiger partial charge in [-0.25, -0.2) is 0 Å². The van der Waals surface area contributed by atoms with Crippen LogP contribution in [0.25, 0.3) is 10.9 Å². The van der Waals surface area contributed by atoms with E-state index in [9.17, 15) is 4.57 Å². The van der Waals surface area contributed by atoms with Crippen molar-refractivity contribution in [1.82, 2.24) is 4.98 Å². The van der Waals surface area contributed by atoms with Crippen molar-refractivity contribution in [3.63, 3.8) is 0 Å². The molecule has 98 valence electrons. The van der Waals surface area contributed by atoms with Gasteiger partial charge in [0, 0.05) is 37.7 Å². The van der Waals surface area contributed by atoms with Crippen LogP contribution in [0.1, 0.15) is 5.56 Å². The summed E-state index contributed by atoms with van der Waals surface area (Å²) in [6.07, 6.45) is 2.31. The van der Waals surface area contributed by atoms with E-state index in [-0.39, 0.29) is 0 Å². The van der Waals surface area contributed by atoms with E-state index in [0.29, 0.717) is 6.42 Å². The number of nitrogens with two attached hydrogens (primary N) is 1. The van der Waals surface area contributed by atoms with Gasteiger partial charge in [-0.3, -0.25) is 4.57 Å². The van der Waals surface area contributed by atoms with Crippen molar-refractivity contribution in [2.24, 2.45) is 5.73 Å². The third kappa shape index (κ3) is 2.35. The monoisotopic (exact) mass is 268 g/mol. The Morgan fingerprint density at radius 1 is 1.33 bits per heavy atom. The molecule has 0 bridgehead atoms. The van der Waals surface area contributed by atoms with Crippen molar-refractivity contribution >= 4 is 18.5 Å². The number of para-hydroxylation sites is 1. The first-order chi connectivity index (χ1) is 8.60. The molecular formula is C12H17N2O3P. The lowest BCUT2D eigenvalue weighted by molar-refractivity contribution is 0.265. The van der Waals surface area contributed by atoms with Crippen LogP contribution in [-0.2, 0) is 20.0 Å². The quantitative estimate of drug-likeness (QED) is 0.817. The number of H-pyrrole nitrogens is 1. The second-order valence-corrected chi connectivity index (χ2v) is 6.51. The van der Waals surface area contributed by atoms with Gasteiger partial charge >= 0.3 is 7.60 Å². The van der Waals surface area contributed by atoms with Gasteiger partial charge in [-0.2, -0.15) is 0 Å². The van der Waals surface area contributed by atoms with Gasteiger partial charge in [0.05, 0.1) is 0 Å². The van der Waals surface area contributed by atoms with Gasteiger partial charge in [0.15, 0.2) is 0 Å². The fraction of sp³-hybridized carbons (Fsp3) is 0.333. The van der Waals surface area contributed by atoms with Crippen LogP contribution in [0.4, 0.5) is 0 Å². The number of nitrogens with one attached hydrogen (secondary N) is 1. The molecule has 0 spiro atoms. The maximum Gasteiger partial charge on any atom is 0.347 e. The zero-order valence-electron chi connectivity index (χ0n) is 10.4. The first-order valence-electron chi connectivity index (χ1n) is 5.62. The number of rotatable bonds is 5. The Hall–Kier alpha value is -1.13. The van der Waals surface area contributed by atoms with E-state index in [1.807, 2.05) is 30.5 Å². The maximum atomic E-state index is 12.1. The molecule has 2 aromatic rings. The summed E-state index contributed by atoms with van der Waals surface area (Å²) in [5.41, 5.74) is 7.97. The van der Waals surface area contributed by atoms with Crippen LogP contribution in [0.3, 0.4) is 0 Å². The molecule has 2 rings (SSSR count). The Labute approximate surface area is 106 Å².